The molecule has 172 valence electrons. The van der Waals surface area contributed by atoms with Gasteiger partial charge in [-0.25, -0.2) is 9.36 Å². The van der Waals surface area contributed by atoms with Crippen molar-refractivity contribution < 1.29 is 14.4 Å². The van der Waals surface area contributed by atoms with Crippen molar-refractivity contribution in [2.45, 2.75) is 26.3 Å². The summed E-state index contributed by atoms with van der Waals surface area (Å²) >= 11 is 0. The zero-order chi connectivity index (χ0) is 23.8. The fraction of sp³-hybridized carbons (Fsp3) is 0.273. The number of aromatic nitrogens is 4. The number of benzene rings is 1. The molecule has 2 aromatic heterocycles. The Morgan fingerprint density at radius 1 is 1.03 bits per heavy atom. The number of amides is 3. The molecule has 3 rings (SSSR count). The van der Waals surface area contributed by atoms with Crippen LogP contribution in [0.15, 0.2) is 59.7 Å². The van der Waals surface area contributed by atoms with Crippen molar-refractivity contribution in [3.63, 3.8) is 0 Å². The first-order valence-corrected chi connectivity index (χ1v) is 10.4. The Balaban J connectivity index is 1.49. The minimum absolute atomic E-state index is 0.109. The van der Waals surface area contributed by atoms with E-state index >= 15 is 0 Å². The molecule has 0 spiro atoms. The average Bonchev–Trinajstić information content (AvgIpc) is 3.37. The Bertz CT molecular complexity index is 1170. The molecule has 0 saturated heterocycles. The molecule has 33 heavy (non-hydrogen) atoms. The van der Waals surface area contributed by atoms with E-state index in [9.17, 15) is 19.2 Å². The van der Waals surface area contributed by atoms with Gasteiger partial charge in [0.25, 0.3) is 11.5 Å². The van der Waals surface area contributed by atoms with E-state index < -0.39 is 17.5 Å². The van der Waals surface area contributed by atoms with Gasteiger partial charge in [-0.1, -0.05) is 6.92 Å². The quantitative estimate of drug-likeness (QED) is 0.413. The topological polar surface area (TPSA) is 140 Å². The van der Waals surface area contributed by atoms with Crippen molar-refractivity contribution in [3.8, 4) is 5.82 Å². The molecular formula is C22H25N7O4. The van der Waals surface area contributed by atoms with E-state index in [2.05, 4.69) is 26.1 Å². The summed E-state index contributed by atoms with van der Waals surface area (Å²) in [6, 6.07) is 10.2. The normalized spacial score (nSPS) is 11.5. The Hall–Kier alpha value is -4.28. The molecule has 1 atom stereocenters. The SMILES string of the molecule is CCC(=O)Nc1ccc(C(=O)NCCNC(=O)C(C)n2nc(-n3cccn3)ccc2=O)cc1. The second-order valence-corrected chi connectivity index (χ2v) is 7.13. The molecule has 1 aromatic carbocycles. The minimum atomic E-state index is -0.852. The number of rotatable bonds is 9. The van der Waals surface area contributed by atoms with Gasteiger partial charge in [0.2, 0.25) is 11.8 Å². The predicted molar refractivity (Wildman–Crippen MR) is 121 cm³/mol. The summed E-state index contributed by atoms with van der Waals surface area (Å²) in [4.78, 5) is 48.3. The lowest BCUT2D eigenvalue weighted by Gasteiger charge is -2.15. The lowest BCUT2D eigenvalue weighted by molar-refractivity contribution is -0.124. The van der Waals surface area contributed by atoms with Crippen molar-refractivity contribution in [3.05, 3.63) is 70.8 Å². The van der Waals surface area contributed by atoms with Gasteiger partial charge >= 0.3 is 0 Å². The maximum Gasteiger partial charge on any atom is 0.267 e. The van der Waals surface area contributed by atoms with Crippen LogP contribution in [0.2, 0.25) is 0 Å². The van der Waals surface area contributed by atoms with Crippen molar-refractivity contribution >= 4 is 23.4 Å². The molecule has 0 bridgehead atoms. The van der Waals surface area contributed by atoms with E-state index in [1.165, 1.54) is 16.8 Å². The van der Waals surface area contributed by atoms with Crippen LogP contribution in [0.25, 0.3) is 5.82 Å². The summed E-state index contributed by atoms with van der Waals surface area (Å²) in [6.07, 6.45) is 3.63. The third kappa shape index (κ3) is 6.12. The van der Waals surface area contributed by atoms with Crippen LogP contribution in [-0.2, 0) is 9.59 Å². The number of carbonyl (C=O) groups is 3. The molecule has 1 unspecified atom stereocenters. The highest BCUT2D eigenvalue weighted by Crippen LogP contribution is 2.10. The van der Waals surface area contributed by atoms with Crippen LogP contribution < -0.4 is 21.5 Å². The molecule has 0 aliphatic carbocycles. The zero-order valence-electron chi connectivity index (χ0n) is 18.3. The molecule has 3 amide bonds. The van der Waals surface area contributed by atoms with Crippen LogP contribution in [0.5, 0.6) is 0 Å². The van der Waals surface area contributed by atoms with E-state index in [0.29, 0.717) is 23.5 Å². The van der Waals surface area contributed by atoms with Gasteiger partial charge in [0.1, 0.15) is 6.04 Å². The molecule has 11 heteroatoms. The van der Waals surface area contributed by atoms with Gasteiger partial charge in [-0.15, -0.1) is 5.10 Å². The maximum atomic E-state index is 12.5. The first kappa shape index (κ1) is 23.4. The molecular weight excluding hydrogens is 426 g/mol. The number of carbonyl (C=O) groups excluding carboxylic acids is 3. The standard InChI is InChI=1S/C22H25N7O4/c1-3-19(30)26-17-7-5-16(6-8-17)22(33)24-13-12-23-21(32)15(2)29-20(31)10-9-18(27-29)28-14-4-11-25-28/h4-11,14-15H,3,12-13H2,1-2H3,(H,23,32)(H,24,33)(H,26,30). The van der Waals surface area contributed by atoms with E-state index in [0.717, 1.165) is 4.68 Å². The number of anilines is 1. The lowest BCUT2D eigenvalue weighted by atomic mass is 10.2. The third-order valence-corrected chi connectivity index (χ3v) is 4.76. The Kier molecular flexibility index (Phi) is 7.68. The van der Waals surface area contributed by atoms with Gasteiger partial charge in [0.15, 0.2) is 5.82 Å². The number of nitrogens with one attached hydrogen (secondary N) is 3. The molecule has 0 aliphatic rings. The summed E-state index contributed by atoms with van der Waals surface area (Å²) in [5.41, 5.74) is 0.621. The monoisotopic (exact) mass is 451 g/mol. The molecule has 0 saturated carbocycles. The van der Waals surface area contributed by atoms with Gasteiger partial charge in [0.05, 0.1) is 0 Å². The Morgan fingerprint density at radius 3 is 2.42 bits per heavy atom. The first-order valence-electron chi connectivity index (χ1n) is 10.4. The summed E-state index contributed by atoms with van der Waals surface area (Å²) < 4.78 is 2.57. The van der Waals surface area contributed by atoms with E-state index in [4.69, 9.17) is 0 Å². The van der Waals surface area contributed by atoms with Gasteiger partial charge < -0.3 is 16.0 Å². The van der Waals surface area contributed by atoms with Crippen LogP contribution >= 0.6 is 0 Å². The fourth-order valence-corrected chi connectivity index (χ4v) is 2.90. The average molecular weight is 451 g/mol. The van der Waals surface area contributed by atoms with Crippen LogP contribution in [-0.4, -0.2) is 50.4 Å². The third-order valence-electron chi connectivity index (χ3n) is 4.76. The molecule has 11 nitrogen and oxygen atoms in total. The second kappa shape index (κ2) is 10.8. The summed E-state index contributed by atoms with van der Waals surface area (Å²) in [5, 5.41) is 16.4. The summed E-state index contributed by atoms with van der Waals surface area (Å²) in [6.45, 7) is 3.69. The first-order chi connectivity index (χ1) is 15.9. The highest BCUT2D eigenvalue weighted by Gasteiger charge is 2.18. The highest BCUT2D eigenvalue weighted by molar-refractivity contribution is 5.95. The van der Waals surface area contributed by atoms with Crippen molar-refractivity contribution in [2.75, 3.05) is 18.4 Å². The summed E-state index contributed by atoms with van der Waals surface area (Å²) in [7, 11) is 0. The second-order valence-electron chi connectivity index (χ2n) is 7.13. The van der Waals surface area contributed by atoms with E-state index in [1.54, 1.807) is 56.6 Å². The Labute approximate surface area is 189 Å². The van der Waals surface area contributed by atoms with E-state index in [-0.39, 0.29) is 24.9 Å². The molecule has 3 N–H and O–H groups in total. The lowest BCUT2D eigenvalue weighted by Crippen LogP contribution is -2.40. The molecule has 0 radical (unpaired) electrons. The van der Waals surface area contributed by atoms with Gasteiger partial charge in [-0.05, 0) is 43.3 Å². The van der Waals surface area contributed by atoms with Crippen LogP contribution in [0.1, 0.15) is 36.7 Å². The van der Waals surface area contributed by atoms with Crippen molar-refractivity contribution in [1.82, 2.24) is 30.2 Å². The molecule has 3 aromatic rings. The number of hydrogen-bond donors (Lipinski definition) is 3. The molecule has 0 fully saturated rings. The van der Waals surface area contributed by atoms with Crippen molar-refractivity contribution in [2.24, 2.45) is 0 Å². The molecule has 0 aliphatic heterocycles. The Morgan fingerprint density at radius 2 is 1.76 bits per heavy atom. The molecule has 2 heterocycles. The highest BCUT2D eigenvalue weighted by atomic mass is 16.2. The van der Waals surface area contributed by atoms with E-state index in [1.807, 2.05) is 0 Å². The number of hydrogen-bond acceptors (Lipinski definition) is 6. The zero-order valence-corrected chi connectivity index (χ0v) is 18.3. The van der Waals surface area contributed by atoms with Crippen LogP contribution in [0, 0.1) is 0 Å². The predicted octanol–water partition coefficient (Wildman–Crippen LogP) is 0.885. The minimum Gasteiger partial charge on any atom is -0.352 e. The fourth-order valence-electron chi connectivity index (χ4n) is 2.90. The van der Waals surface area contributed by atoms with Gasteiger partial charge in [-0.2, -0.15) is 5.10 Å². The summed E-state index contributed by atoms with van der Waals surface area (Å²) in [5.74, 6) is -0.419. The smallest absolute Gasteiger partial charge is 0.267 e. The van der Waals surface area contributed by atoms with Crippen LogP contribution in [0.4, 0.5) is 5.69 Å². The largest absolute Gasteiger partial charge is 0.352 e. The van der Waals surface area contributed by atoms with Crippen molar-refractivity contribution in [1.29, 1.82) is 0 Å². The van der Waals surface area contributed by atoms with Gasteiger partial charge in [-0.3, -0.25) is 19.2 Å². The van der Waals surface area contributed by atoms with Crippen LogP contribution in [0.3, 0.4) is 0 Å². The van der Waals surface area contributed by atoms with Gasteiger partial charge in [0, 0.05) is 49.2 Å². The maximum absolute atomic E-state index is 12.5. The number of nitrogens with zero attached hydrogens (tertiary/aromatic N) is 4.